The van der Waals surface area contributed by atoms with Gasteiger partial charge in [0.25, 0.3) is 0 Å². The summed E-state index contributed by atoms with van der Waals surface area (Å²) in [4.78, 5) is 10.4. The smallest absolute Gasteiger partial charge is 0.308 e. The van der Waals surface area contributed by atoms with E-state index in [1.54, 1.807) is 0 Å². The first-order valence-corrected chi connectivity index (χ1v) is 4.58. The maximum absolute atomic E-state index is 10.4. The van der Waals surface area contributed by atoms with Crippen molar-refractivity contribution in [3.63, 3.8) is 0 Å². The zero-order valence-corrected chi connectivity index (χ0v) is 7.78. The Morgan fingerprint density at radius 2 is 2.07 bits per heavy atom. The van der Waals surface area contributed by atoms with Crippen LogP contribution in [0.3, 0.4) is 0 Å². The molecule has 0 aromatic heterocycles. The predicted octanol–water partition coefficient (Wildman–Crippen LogP) is -1.72. The maximum Gasteiger partial charge on any atom is 0.308 e. The molecule has 3 N–H and O–H groups in total. The summed E-state index contributed by atoms with van der Waals surface area (Å²) in [7, 11) is 0. The molecule has 2 rings (SSSR count). The number of fused-ring (bicyclic) bond motifs is 1. The number of rotatable bonds is 2. The highest BCUT2D eigenvalue weighted by Gasteiger charge is 2.48. The summed E-state index contributed by atoms with van der Waals surface area (Å²) in [6.45, 7) is 0.108. The van der Waals surface area contributed by atoms with Gasteiger partial charge in [-0.25, -0.2) is 0 Å². The second kappa shape index (κ2) is 4.03. The summed E-state index contributed by atoms with van der Waals surface area (Å²) in [6, 6.07) is 0. The first-order valence-electron chi connectivity index (χ1n) is 4.58. The molecule has 5 unspecified atom stereocenters. The van der Waals surface area contributed by atoms with Gasteiger partial charge in [0.2, 0.25) is 0 Å². The second-order valence-electron chi connectivity index (χ2n) is 3.52. The number of hydrogen-bond donors (Lipinski definition) is 3. The molecule has 0 aliphatic carbocycles. The molecule has 7 heteroatoms. The molecule has 5 atom stereocenters. The Balaban J connectivity index is 1.95. The molecule has 0 aromatic carbocycles. The normalized spacial score (nSPS) is 45.1. The van der Waals surface area contributed by atoms with Crippen LogP contribution < -0.4 is 0 Å². The molecule has 2 saturated heterocycles. The molecule has 0 radical (unpaired) electrons. The molecule has 15 heavy (non-hydrogen) atoms. The summed E-state index contributed by atoms with van der Waals surface area (Å²) >= 11 is 0. The first kappa shape index (κ1) is 10.8. The lowest BCUT2D eigenvalue weighted by atomic mass is 10.1. The van der Waals surface area contributed by atoms with Crippen LogP contribution in [0.4, 0.5) is 0 Å². The van der Waals surface area contributed by atoms with E-state index in [0.717, 1.165) is 0 Å². The van der Waals surface area contributed by atoms with E-state index in [2.05, 4.69) is 0 Å². The Labute approximate surface area is 85.2 Å². The van der Waals surface area contributed by atoms with Gasteiger partial charge in [0, 0.05) is 0 Å². The molecule has 86 valence electrons. The zero-order chi connectivity index (χ0) is 11.0. The van der Waals surface area contributed by atoms with Crippen LogP contribution in [0.2, 0.25) is 0 Å². The van der Waals surface area contributed by atoms with Crippen molar-refractivity contribution in [2.24, 2.45) is 0 Å². The lowest BCUT2D eigenvalue weighted by Crippen LogP contribution is -2.46. The third-order valence-corrected chi connectivity index (χ3v) is 2.41. The molecule has 0 bridgehead atoms. The van der Waals surface area contributed by atoms with Crippen LogP contribution >= 0.6 is 0 Å². The summed E-state index contributed by atoms with van der Waals surface area (Å²) in [5.41, 5.74) is 0. The monoisotopic (exact) mass is 220 g/mol. The largest absolute Gasteiger partial charge is 0.481 e. The Hall–Kier alpha value is -0.730. The fourth-order valence-corrected chi connectivity index (χ4v) is 1.69. The van der Waals surface area contributed by atoms with Gasteiger partial charge in [-0.2, -0.15) is 0 Å². The van der Waals surface area contributed by atoms with Gasteiger partial charge in [-0.15, -0.1) is 0 Å². The lowest BCUT2D eigenvalue weighted by molar-refractivity contribution is -0.250. The summed E-state index contributed by atoms with van der Waals surface area (Å²) in [5, 5.41) is 27.1. The minimum atomic E-state index is -1.30. The number of carbonyl (C=O) groups is 1. The van der Waals surface area contributed by atoms with E-state index in [-0.39, 0.29) is 13.0 Å². The van der Waals surface area contributed by atoms with Crippen molar-refractivity contribution in [3.05, 3.63) is 0 Å². The Bertz CT molecular complexity index is 255. The van der Waals surface area contributed by atoms with Gasteiger partial charge in [-0.3, -0.25) is 4.79 Å². The molecule has 2 aliphatic rings. The van der Waals surface area contributed by atoms with Crippen molar-refractivity contribution in [3.8, 4) is 0 Å². The van der Waals surface area contributed by atoms with Crippen molar-refractivity contribution >= 4 is 5.97 Å². The zero-order valence-electron chi connectivity index (χ0n) is 7.78. The van der Waals surface area contributed by atoms with Gasteiger partial charge >= 0.3 is 5.97 Å². The quantitative estimate of drug-likeness (QED) is 0.508. The minimum absolute atomic E-state index is 0.108. The van der Waals surface area contributed by atoms with Crippen LogP contribution in [0.15, 0.2) is 0 Å². The number of aliphatic carboxylic acids is 1. The molecule has 2 fully saturated rings. The van der Waals surface area contributed by atoms with E-state index in [4.69, 9.17) is 19.3 Å². The molecular weight excluding hydrogens is 208 g/mol. The van der Waals surface area contributed by atoms with Crippen molar-refractivity contribution in [2.45, 2.75) is 37.3 Å². The number of hydrogen-bond acceptors (Lipinski definition) is 6. The molecule has 0 aromatic rings. The van der Waals surface area contributed by atoms with E-state index in [1.807, 2.05) is 0 Å². The molecule has 2 heterocycles. The number of ether oxygens (including phenoxy) is 3. The van der Waals surface area contributed by atoms with Crippen LogP contribution in [0.25, 0.3) is 0 Å². The summed E-state index contributed by atoms with van der Waals surface area (Å²) in [6.07, 6.45) is -4.92. The van der Waals surface area contributed by atoms with Crippen LogP contribution in [-0.2, 0) is 19.0 Å². The van der Waals surface area contributed by atoms with Crippen LogP contribution in [0.1, 0.15) is 6.42 Å². The second-order valence-corrected chi connectivity index (χ2v) is 3.52. The molecule has 0 amide bonds. The summed E-state index contributed by atoms with van der Waals surface area (Å²) in [5.74, 6) is -1.05. The van der Waals surface area contributed by atoms with Gasteiger partial charge in [-0.05, 0) is 0 Å². The maximum atomic E-state index is 10.4. The molecule has 2 aliphatic heterocycles. The molecular formula is C8H12O7. The average molecular weight is 220 g/mol. The van der Waals surface area contributed by atoms with E-state index < -0.39 is 36.9 Å². The highest BCUT2D eigenvalue weighted by molar-refractivity contribution is 5.67. The lowest BCUT2D eigenvalue weighted by Gasteiger charge is -2.31. The van der Waals surface area contributed by atoms with Gasteiger partial charge in [0.1, 0.15) is 18.3 Å². The molecule has 7 nitrogen and oxygen atoms in total. The van der Waals surface area contributed by atoms with E-state index in [1.165, 1.54) is 0 Å². The van der Waals surface area contributed by atoms with E-state index in [0.29, 0.717) is 0 Å². The number of aliphatic hydroxyl groups is 2. The van der Waals surface area contributed by atoms with Crippen LogP contribution in [0.5, 0.6) is 0 Å². The van der Waals surface area contributed by atoms with Crippen LogP contribution in [0, 0.1) is 0 Å². The molecule has 0 spiro atoms. The van der Waals surface area contributed by atoms with Crippen molar-refractivity contribution < 1.29 is 34.3 Å². The average Bonchev–Trinajstić information content (AvgIpc) is 2.43. The van der Waals surface area contributed by atoms with E-state index >= 15 is 0 Å². The van der Waals surface area contributed by atoms with Crippen molar-refractivity contribution in [1.29, 1.82) is 0 Å². The highest BCUT2D eigenvalue weighted by Crippen LogP contribution is 2.28. The van der Waals surface area contributed by atoms with Gasteiger partial charge in [0.05, 0.1) is 13.0 Å². The fourth-order valence-electron chi connectivity index (χ4n) is 1.69. The minimum Gasteiger partial charge on any atom is -0.481 e. The topological polar surface area (TPSA) is 105 Å². The Morgan fingerprint density at radius 3 is 2.73 bits per heavy atom. The predicted molar refractivity (Wildman–Crippen MR) is 43.8 cm³/mol. The number of aliphatic hydroxyl groups excluding tert-OH is 2. The Kier molecular flexibility index (Phi) is 2.89. The van der Waals surface area contributed by atoms with Gasteiger partial charge in [-0.1, -0.05) is 0 Å². The van der Waals surface area contributed by atoms with Crippen molar-refractivity contribution in [2.75, 3.05) is 6.61 Å². The Morgan fingerprint density at radius 1 is 1.33 bits per heavy atom. The number of carboxylic acid groups (broad SMARTS) is 1. The standard InChI is InChI=1S/C8H12O7/c9-4(10)1-5-13-2-3-7(15-5)6(11)8(12)14-3/h3,5-8,11-12H,1-2H2,(H,9,10). The molecule has 0 saturated carbocycles. The third kappa shape index (κ3) is 2.11. The fraction of sp³-hybridized carbons (Fsp3) is 0.875. The number of carboxylic acids is 1. The third-order valence-electron chi connectivity index (χ3n) is 2.41. The SMILES string of the molecule is O=C(O)CC1OCC2OC(O)C(O)C2O1. The van der Waals surface area contributed by atoms with Crippen molar-refractivity contribution in [1.82, 2.24) is 0 Å². The van der Waals surface area contributed by atoms with Crippen LogP contribution in [-0.4, -0.2) is 58.8 Å². The van der Waals surface area contributed by atoms with Gasteiger partial charge < -0.3 is 29.5 Å². The van der Waals surface area contributed by atoms with E-state index in [9.17, 15) is 15.0 Å². The highest BCUT2D eigenvalue weighted by atomic mass is 16.7. The van der Waals surface area contributed by atoms with Gasteiger partial charge in [0.15, 0.2) is 12.6 Å². The summed E-state index contributed by atoms with van der Waals surface area (Å²) < 4.78 is 15.2. The first-order chi connectivity index (χ1) is 7.08.